The molecule has 18 heavy (non-hydrogen) atoms. The van der Waals surface area contributed by atoms with Crippen LogP contribution in [0.4, 0.5) is 0 Å². The van der Waals surface area contributed by atoms with Gasteiger partial charge in [-0.2, -0.15) is 0 Å². The summed E-state index contributed by atoms with van der Waals surface area (Å²) in [6, 6.07) is 8.44. The quantitative estimate of drug-likeness (QED) is 0.834. The van der Waals surface area contributed by atoms with Gasteiger partial charge in [0.05, 0.1) is 4.90 Å². The fourth-order valence-electron chi connectivity index (χ4n) is 1.31. The minimum absolute atomic E-state index is 0.265. The highest BCUT2D eigenvalue weighted by Gasteiger charge is 2.13. The summed E-state index contributed by atoms with van der Waals surface area (Å²) in [6.07, 6.45) is 0. The second-order valence-corrected chi connectivity index (χ2v) is 8.10. The largest absolute Gasteiger partial charge is 0.240 e. The van der Waals surface area contributed by atoms with E-state index in [1.165, 1.54) is 11.3 Å². The molecular weight excluding hydrogens is 402 g/mol. The molecule has 7 heteroatoms. The molecule has 1 N–H and O–H groups in total. The summed E-state index contributed by atoms with van der Waals surface area (Å²) in [5.74, 6) is 0. The van der Waals surface area contributed by atoms with Gasteiger partial charge in [0.2, 0.25) is 10.0 Å². The van der Waals surface area contributed by atoms with E-state index in [-0.39, 0.29) is 4.90 Å². The van der Waals surface area contributed by atoms with E-state index in [4.69, 9.17) is 0 Å². The van der Waals surface area contributed by atoms with Gasteiger partial charge in [-0.05, 0) is 46.3 Å². The van der Waals surface area contributed by atoms with Crippen LogP contribution in [0, 0.1) is 0 Å². The van der Waals surface area contributed by atoms with Crippen LogP contribution < -0.4 is 4.72 Å². The third-order valence-corrected chi connectivity index (χ3v) is 5.83. The highest BCUT2D eigenvalue weighted by molar-refractivity contribution is 9.10. The lowest BCUT2D eigenvalue weighted by Gasteiger charge is -2.05. The molecular formula is C11H9Br2NO2S2. The molecule has 0 aliphatic rings. The molecule has 0 fully saturated rings. The number of hydrogen-bond acceptors (Lipinski definition) is 3. The SMILES string of the molecule is O=S(=O)(NCc1cc(Br)cs1)c1ccc(Br)cc1. The van der Waals surface area contributed by atoms with Crippen molar-refractivity contribution in [2.75, 3.05) is 0 Å². The molecule has 0 atom stereocenters. The molecule has 1 heterocycles. The summed E-state index contributed by atoms with van der Waals surface area (Å²) in [7, 11) is -3.45. The lowest BCUT2D eigenvalue weighted by molar-refractivity contribution is 0.582. The molecule has 0 unspecified atom stereocenters. The molecule has 1 aromatic heterocycles. The van der Waals surface area contributed by atoms with E-state index in [0.29, 0.717) is 6.54 Å². The average Bonchev–Trinajstić information content (AvgIpc) is 2.73. The third-order valence-electron chi connectivity index (χ3n) is 2.18. The maximum absolute atomic E-state index is 12.0. The number of hydrogen-bond donors (Lipinski definition) is 1. The second kappa shape index (κ2) is 5.83. The lowest BCUT2D eigenvalue weighted by Crippen LogP contribution is -2.22. The molecule has 0 spiro atoms. The fraction of sp³-hybridized carbons (Fsp3) is 0.0909. The Balaban J connectivity index is 2.10. The maximum Gasteiger partial charge on any atom is 0.240 e. The number of benzene rings is 1. The summed E-state index contributed by atoms with van der Waals surface area (Å²) in [5.41, 5.74) is 0. The van der Waals surface area contributed by atoms with Gasteiger partial charge >= 0.3 is 0 Å². The Morgan fingerprint density at radius 1 is 1.11 bits per heavy atom. The van der Waals surface area contributed by atoms with Gasteiger partial charge < -0.3 is 0 Å². The summed E-state index contributed by atoms with van der Waals surface area (Å²) < 4.78 is 28.4. The van der Waals surface area contributed by atoms with Crippen LogP contribution in [-0.4, -0.2) is 8.42 Å². The van der Waals surface area contributed by atoms with Crippen molar-refractivity contribution in [3.8, 4) is 0 Å². The maximum atomic E-state index is 12.0. The van der Waals surface area contributed by atoms with Gasteiger partial charge in [0.15, 0.2) is 0 Å². The predicted molar refractivity (Wildman–Crippen MR) is 80.2 cm³/mol. The van der Waals surface area contributed by atoms with Crippen molar-refractivity contribution >= 4 is 53.2 Å². The monoisotopic (exact) mass is 409 g/mol. The highest BCUT2D eigenvalue weighted by atomic mass is 79.9. The number of halogens is 2. The van der Waals surface area contributed by atoms with Crippen LogP contribution >= 0.6 is 43.2 Å². The molecule has 0 aliphatic heterocycles. The van der Waals surface area contributed by atoms with Gasteiger partial charge in [-0.25, -0.2) is 13.1 Å². The molecule has 1 aromatic carbocycles. The van der Waals surface area contributed by atoms with Crippen molar-refractivity contribution in [1.82, 2.24) is 4.72 Å². The van der Waals surface area contributed by atoms with E-state index in [0.717, 1.165) is 13.8 Å². The lowest BCUT2D eigenvalue weighted by atomic mass is 10.4. The minimum Gasteiger partial charge on any atom is -0.207 e. The molecule has 0 saturated carbocycles. The molecule has 0 radical (unpaired) electrons. The van der Waals surface area contributed by atoms with E-state index in [1.54, 1.807) is 24.3 Å². The second-order valence-electron chi connectivity index (χ2n) is 3.51. The Labute approximate surface area is 127 Å². The van der Waals surface area contributed by atoms with E-state index in [9.17, 15) is 8.42 Å². The first-order valence-electron chi connectivity index (χ1n) is 4.95. The van der Waals surface area contributed by atoms with Crippen molar-refractivity contribution in [3.05, 3.63) is 49.5 Å². The van der Waals surface area contributed by atoms with Crippen molar-refractivity contribution in [2.24, 2.45) is 0 Å². The average molecular weight is 411 g/mol. The van der Waals surface area contributed by atoms with Crippen LogP contribution in [-0.2, 0) is 16.6 Å². The van der Waals surface area contributed by atoms with Crippen LogP contribution in [0.5, 0.6) is 0 Å². The Bertz CT molecular complexity index is 635. The third kappa shape index (κ3) is 3.64. The molecule has 2 rings (SSSR count). The van der Waals surface area contributed by atoms with E-state index in [2.05, 4.69) is 36.6 Å². The van der Waals surface area contributed by atoms with Crippen molar-refractivity contribution < 1.29 is 8.42 Å². The number of thiophene rings is 1. The van der Waals surface area contributed by atoms with Crippen LogP contribution in [0.25, 0.3) is 0 Å². The Morgan fingerprint density at radius 2 is 1.78 bits per heavy atom. The van der Waals surface area contributed by atoms with Crippen molar-refractivity contribution in [2.45, 2.75) is 11.4 Å². The Morgan fingerprint density at radius 3 is 2.33 bits per heavy atom. The zero-order valence-electron chi connectivity index (χ0n) is 9.06. The molecule has 2 aromatic rings. The molecule has 3 nitrogen and oxygen atoms in total. The molecule has 0 amide bonds. The van der Waals surface area contributed by atoms with Crippen LogP contribution in [0.1, 0.15) is 4.88 Å². The highest BCUT2D eigenvalue weighted by Crippen LogP contribution is 2.20. The van der Waals surface area contributed by atoms with Gasteiger partial charge in [-0.1, -0.05) is 15.9 Å². The predicted octanol–water partition coefficient (Wildman–Crippen LogP) is 3.75. The normalized spacial score (nSPS) is 11.7. The summed E-state index contributed by atoms with van der Waals surface area (Å²) in [5, 5.41) is 1.92. The van der Waals surface area contributed by atoms with Crippen LogP contribution in [0.2, 0.25) is 0 Å². The molecule has 0 bridgehead atoms. The number of rotatable bonds is 4. The van der Waals surface area contributed by atoms with Crippen LogP contribution in [0.15, 0.2) is 49.6 Å². The van der Waals surface area contributed by atoms with E-state index in [1.807, 2.05) is 11.4 Å². The Kier molecular flexibility index (Phi) is 4.60. The van der Waals surface area contributed by atoms with Gasteiger partial charge in [-0.3, -0.25) is 0 Å². The van der Waals surface area contributed by atoms with E-state index < -0.39 is 10.0 Å². The first-order valence-corrected chi connectivity index (χ1v) is 8.90. The minimum atomic E-state index is -3.45. The van der Waals surface area contributed by atoms with Gasteiger partial charge in [0.1, 0.15) is 0 Å². The first-order chi connectivity index (χ1) is 8.47. The number of nitrogens with one attached hydrogen (secondary N) is 1. The molecule has 96 valence electrons. The summed E-state index contributed by atoms with van der Waals surface area (Å²) >= 11 is 8.11. The summed E-state index contributed by atoms with van der Waals surface area (Å²) in [4.78, 5) is 1.23. The zero-order valence-corrected chi connectivity index (χ0v) is 13.9. The molecule has 0 saturated heterocycles. The van der Waals surface area contributed by atoms with Gasteiger partial charge in [-0.15, -0.1) is 11.3 Å². The van der Waals surface area contributed by atoms with E-state index >= 15 is 0 Å². The topological polar surface area (TPSA) is 46.2 Å². The summed E-state index contributed by atoms with van der Waals surface area (Å²) in [6.45, 7) is 0.300. The van der Waals surface area contributed by atoms with Gasteiger partial charge in [0, 0.05) is 25.7 Å². The standard InChI is InChI=1S/C11H9Br2NO2S2/c12-8-1-3-11(4-2-8)18(15,16)14-6-10-5-9(13)7-17-10/h1-5,7,14H,6H2. The number of sulfonamides is 1. The Hall–Kier alpha value is -0.210. The van der Waals surface area contributed by atoms with Crippen molar-refractivity contribution in [1.29, 1.82) is 0 Å². The van der Waals surface area contributed by atoms with Crippen molar-refractivity contribution in [3.63, 3.8) is 0 Å². The van der Waals surface area contributed by atoms with Gasteiger partial charge in [0.25, 0.3) is 0 Å². The zero-order chi connectivity index (χ0) is 13.2. The smallest absolute Gasteiger partial charge is 0.207 e. The van der Waals surface area contributed by atoms with Crippen LogP contribution in [0.3, 0.4) is 0 Å². The fourth-order valence-corrected chi connectivity index (χ4v) is 4.06. The molecule has 0 aliphatic carbocycles. The first kappa shape index (κ1) is 14.2.